The number of hydrogen-bond acceptors (Lipinski definition) is 5. The molecule has 3 aromatic carbocycles. The lowest BCUT2D eigenvalue weighted by Gasteiger charge is -2.35. The first-order chi connectivity index (χ1) is 17.8. The van der Waals surface area contributed by atoms with Crippen LogP contribution in [-0.2, 0) is 20.7 Å². The number of carbonyl (C=O) groups is 2. The standard InChI is InChI=1S/C31H37NO5/c1-22(30(34)25-13-9-6-10-14-25)32(2)31(35)29(24-17-19-27(36-3)20-18-24)26(21-28(33)37-4)16-15-23-11-7-5-8-12-23/h5-14,17-20,22,26,29-30,34H,15-16,21H2,1-4H3/t22-,26-,29+,30+/m1/s1. The Labute approximate surface area is 219 Å². The summed E-state index contributed by atoms with van der Waals surface area (Å²) in [4.78, 5) is 28.2. The first kappa shape index (κ1) is 27.9. The smallest absolute Gasteiger partial charge is 0.305 e. The van der Waals surface area contributed by atoms with E-state index in [1.54, 1.807) is 19.1 Å². The van der Waals surface area contributed by atoms with Gasteiger partial charge in [0.05, 0.1) is 32.3 Å². The van der Waals surface area contributed by atoms with Crippen LogP contribution in [0.25, 0.3) is 0 Å². The minimum Gasteiger partial charge on any atom is -0.497 e. The van der Waals surface area contributed by atoms with Gasteiger partial charge in [0.2, 0.25) is 5.91 Å². The molecule has 0 heterocycles. The second kappa shape index (κ2) is 13.6. The molecule has 1 N–H and O–H groups in total. The molecule has 0 unspecified atom stereocenters. The molecule has 0 aromatic heterocycles. The SMILES string of the molecule is COC(=O)C[C@@H](CCc1ccccc1)[C@@H](C(=O)N(C)[C@H](C)[C@H](O)c1ccccc1)c1ccc(OC)cc1. The van der Waals surface area contributed by atoms with E-state index in [1.807, 2.05) is 91.9 Å². The minimum absolute atomic E-state index is 0.106. The fourth-order valence-electron chi connectivity index (χ4n) is 4.67. The summed E-state index contributed by atoms with van der Waals surface area (Å²) in [7, 11) is 4.67. The van der Waals surface area contributed by atoms with Crippen LogP contribution in [0, 0.1) is 5.92 Å². The van der Waals surface area contributed by atoms with E-state index in [9.17, 15) is 14.7 Å². The van der Waals surface area contributed by atoms with E-state index < -0.39 is 18.1 Å². The number of ether oxygens (including phenoxy) is 2. The number of methoxy groups -OCH3 is 2. The second-order valence-electron chi connectivity index (χ2n) is 9.36. The van der Waals surface area contributed by atoms with Crippen molar-refractivity contribution in [2.75, 3.05) is 21.3 Å². The maximum Gasteiger partial charge on any atom is 0.305 e. The van der Waals surface area contributed by atoms with E-state index >= 15 is 0 Å². The summed E-state index contributed by atoms with van der Waals surface area (Å²) in [6.07, 6.45) is 0.587. The highest BCUT2D eigenvalue weighted by Crippen LogP contribution is 2.35. The number of aryl methyl sites for hydroxylation is 1. The van der Waals surface area contributed by atoms with E-state index in [-0.39, 0.29) is 24.2 Å². The summed E-state index contributed by atoms with van der Waals surface area (Å²) < 4.78 is 10.3. The maximum atomic E-state index is 14.1. The molecule has 0 aliphatic heterocycles. The Morgan fingerprint density at radius 3 is 2.03 bits per heavy atom. The third-order valence-electron chi connectivity index (χ3n) is 7.07. The number of aliphatic hydroxyl groups is 1. The van der Waals surface area contributed by atoms with Crippen LogP contribution in [-0.4, -0.2) is 49.2 Å². The van der Waals surface area contributed by atoms with Crippen LogP contribution in [0.2, 0.25) is 0 Å². The number of amides is 1. The highest BCUT2D eigenvalue weighted by molar-refractivity contribution is 5.85. The number of rotatable bonds is 12. The van der Waals surface area contributed by atoms with E-state index in [1.165, 1.54) is 7.11 Å². The van der Waals surface area contributed by atoms with Gasteiger partial charge in [-0.15, -0.1) is 0 Å². The highest BCUT2D eigenvalue weighted by Gasteiger charge is 2.36. The van der Waals surface area contributed by atoms with Gasteiger partial charge in [-0.3, -0.25) is 9.59 Å². The van der Waals surface area contributed by atoms with Gasteiger partial charge >= 0.3 is 5.97 Å². The van der Waals surface area contributed by atoms with Gasteiger partial charge in [0.25, 0.3) is 0 Å². The third kappa shape index (κ3) is 7.43. The van der Waals surface area contributed by atoms with E-state index in [0.717, 1.165) is 16.7 Å². The van der Waals surface area contributed by atoms with Crippen molar-refractivity contribution in [2.24, 2.45) is 5.92 Å². The largest absolute Gasteiger partial charge is 0.497 e. The Bertz CT molecular complexity index is 1120. The Balaban J connectivity index is 1.95. The van der Waals surface area contributed by atoms with Crippen molar-refractivity contribution in [3.63, 3.8) is 0 Å². The fraction of sp³-hybridized carbons (Fsp3) is 0.355. The van der Waals surface area contributed by atoms with Crippen molar-refractivity contribution in [2.45, 2.75) is 44.2 Å². The zero-order valence-electron chi connectivity index (χ0n) is 22.0. The molecule has 0 aliphatic carbocycles. The normalized spacial score (nSPS) is 14.2. The summed E-state index contributed by atoms with van der Waals surface area (Å²) in [6, 6.07) is 26.3. The molecule has 0 saturated carbocycles. The van der Waals surface area contributed by atoms with Crippen molar-refractivity contribution in [3.8, 4) is 5.75 Å². The molecule has 0 spiro atoms. The van der Waals surface area contributed by atoms with Crippen LogP contribution < -0.4 is 4.74 Å². The third-order valence-corrected chi connectivity index (χ3v) is 7.07. The van der Waals surface area contributed by atoms with Gasteiger partial charge in [-0.25, -0.2) is 0 Å². The van der Waals surface area contributed by atoms with Gasteiger partial charge in [0.15, 0.2) is 0 Å². The first-order valence-electron chi connectivity index (χ1n) is 12.6. The Morgan fingerprint density at radius 2 is 1.46 bits per heavy atom. The second-order valence-corrected chi connectivity index (χ2v) is 9.36. The molecule has 6 heteroatoms. The Kier molecular flexibility index (Phi) is 10.3. The van der Waals surface area contributed by atoms with Crippen molar-refractivity contribution in [1.29, 1.82) is 0 Å². The zero-order valence-corrected chi connectivity index (χ0v) is 22.0. The molecular weight excluding hydrogens is 466 g/mol. The molecular formula is C31H37NO5. The minimum atomic E-state index is -0.852. The zero-order chi connectivity index (χ0) is 26.8. The molecule has 0 saturated heterocycles. The number of nitrogens with zero attached hydrogens (tertiary/aromatic N) is 1. The van der Waals surface area contributed by atoms with Crippen LogP contribution in [0.15, 0.2) is 84.9 Å². The summed E-state index contributed by atoms with van der Waals surface area (Å²) >= 11 is 0. The lowest BCUT2D eigenvalue weighted by atomic mass is 9.79. The van der Waals surface area contributed by atoms with Crippen molar-refractivity contribution >= 4 is 11.9 Å². The molecule has 3 rings (SSSR count). The summed E-state index contributed by atoms with van der Waals surface area (Å²) in [5.41, 5.74) is 2.67. The lowest BCUT2D eigenvalue weighted by molar-refractivity contribution is -0.143. The molecule has 4 atom stereocenters. The molecule has 3 aromatic rings. The van der Waals surface area contributed by atoms with Gasteiger partial charge < -0.3 is 19.5 Å². The van der Waals surface area contributed by atoms with Crippen LogP contribution in [0.4, 0.5) is 0 Å². The predicted molar refractivity (Wildman–Crippen MR) is 144 cm³/mol. The van der Waals surface area contributed by atoms with Gasteiger partial charge in [-0.2, -0.15) is 0 Å². The van der Waals surface area contributed by atoms with Crippen LogP contribution in [0.1, 0.15) is 48.5 Å². The van der Waals surface area contributed by atoms with Gasteiger partial charge in [0.1, 0.15) is 5.75 Å². The molecule has 0 radical (unpaired) electrons. The fourth-order valence-corrected chi connectivity index (χ4v) is 4.67. The lowest BCUT2D eigenvalue weighted by Crippen LogP contribution is -2.43. The van der Waals surface area contributed by atoms with Gasteiger partial charge in [-0.05, 0) is 54.5 Å². The molecule has 1 amide bonds. The van der Waals surface area contributed by atoms with E-state index in [2.05, 4.69) is 0 Å². The van der Waals surface area contributed by atoms with Crippen LogP contribution >= 0.6 is 0 Å². The van der Waals surface area contributed by atoms with E-state index in [0.29, 0.717) is 18.6 Å². The average molecular weight is 504 g/mol. The Hall–Kier alpha value is -3.64. The summed E-state index contributed by atoms with van der Waals surface area (Å²) in [5.74, 6) is -0.745. The number of carbonyl (C=O) groups excluding carboxylic acids is 2. The maximum absolute atomic E-state index is 14.1. The van der Waals surface area contributed by atoms with E-state index in [4.69, 9.17) is 9.47 Å². The predicted octanol–water partition coefficient (Wildman–Crippen LogP) is 5.17. The summed E-state index contributed by atoms with van der Waals surface area (Å²) in [6.45, 7) is 1.83. The van der Waals surface area contributed by atoms with Gasteiger partial charge in [0, 0.05) is 13.5 Å². The van der Waals surface area contributed by atoms with Crippen molar-refractivity contribution < 1.29 is 24.2 Å². The van der Waals surface area contributed by atoms with Crippen molar-refractivity contribution in [3.05, 3.63) is 102 Å². The number of benzene rings is 3. The average Bonchev–Trinajstić information content (AvgIpc) is 2.95. The highest BCUT2D eigenvalue weighted by atomic mass is 16.5. The topological polar surface area (TPSA) is 76.1 Å². The quantitative estimate of drug-likeness (QED) is 0.345. The number of aliphatic hydroxyl groups excluding tert-OH is 1. The molecule has 196 valence electrons. The Morgan fingerprint density at radius 1 is 0.865 bits per heavy atom. The molecule has 0 fully saturated rings. The van der Waals surface area contributed by atoms with Crippen LogP contribution in [0.3, 0.4) is 0 Å². The molecule has 0 bridgehead atoms. The van der Waals surface area contributed by atoms with Gasteiger partial charge in [-0.1, -0.05) is 72.8 Å². The van der Waals surface area contributed by atoms with Crippen molar-refractivity contribution in [1.82, 2.24) is 4.90 Å². The molecule has 6 nitrogen and oxygen atoms in total. The van der Waals surface area contributed by atoms with Crippen LogP contribution in [0.5, 0.6) is 5.75 Å². The number of esters is 1. The number of hydrogen-bond donors (Lipinski definition) is 1. The monoisotopic (exact) mass is 503 g/mol. The molecule has 0 aliphatic rings. The number of likely N-dealkylation sites (N-methyl/N-ethyl adjacent to an activating group) is 1. The molecule has 37 heavy (non-hydrogen) atoms. The summed E-state index contributed by atoms with van der Waals surface area (Å²) in [5, 5.41) is 11.0. The first-order valence-corrected chi connectivity index (χ1v) is 12.6.